The Hall–Kier alpha value is -1.72. The Morgan fingerprint density at radius 1 is 1.14 bits per heavy atom. The molecule has 21 heavy (non-hydrogen) atoms. The number of carbonyl (C=O) groups excluding carboxylic acids is 1. The summed E-state index contributed by atoms with van der Waals surface area (Å²) in [4.78, 5) is 12.2. The lowest BCUT2D eigenvalue weighted by Crippen LogP contribution is -2.06. The van der Waals surface area contributed by atoms with Crippen molar-refractivity contribution in [3.63, 3.8) is 0 Å². The van der Waals surface area contributed by atoms with Crippen LogP contribution in [0.15, 0.2) is 45.3 Å². The van der Waals surface area contributed by atoms with Gasteiger partial charge in [0, 0.05) is 9.86 Å². The highest BCUT2D eigenvalue weighted by atomic mass is 79.9. The number of carbonyl (C=O) groups is 1. The van der Waals surface area contributed by atoms with Crippen molar-refractivity contribution in [1.82, 2.24) is 0 Å². The van der Waals surface area contributed by atoms with Crippen LogP contribution in [0, 0.1) is 11.6 Å². The minimum atomic E-state index is -0.960. The first-order chi connectivity index (χ1) is 9.97. The molecule has 0 aliphatic rings. The smallest absolute Gasteiger partial charge is 0.234 e. The molecule has 0 radical (unpaired) electrons. The second-order valence-electron chi connectivity index (χ2n) is 4.34. The van der Waals surface area contributed by atoms with Crippen LogP contribution < -0.4 is 0 Å². The molecule has 6 heteroatoms. The number of furan rings is 1. The van der Waals surface area contributed by atoms with Crippen molar-refractivity contribution in [1.29, 1.82) is 0 Å². The van der Waals surface area contributed by atoms with Crippen LogP contribution in [0.1, 0.15) is 16.1 Å². The number of hydrogen-bond acceptors (Lipinski definition) is 2. The fraction of sp³-hybridized carbons (Fsp3) is 0. The van der Waals surface area contributed by atoms with Gasteiger partial charge in [-0.3, -0.25) is 4.79 Å². The van der Waals surface area contributed by atoms with E-state index in [0.29, 0.717) is 16.0 Å². The first kappa shape index (κ1) is 14.2. The van der Waals surface area contributed by atoms with Gasteiger partial charge in [-0.1, -0.05) is 39.7 Å². The summed E-state index contributed by atoms with van der Waals surface area (Å²) in [6.45, 7) is 0. The van der Waals surface area contributed by atoms with Gasteiger partial charge in [-0.25, -0.2) is 8.78 Å². The van der Waals surface area contributed by atoms with Gasteiger partial charge in [0.05, 0.1) is 10.6 Å². The van der Waals surface area contributed by atoms with Crippen molar-refractivity contribution < 1.29 is 18.0 Å². The Kier molecular flexibility index (Phi) is 3.55. The predicted octanol–water partition coefficient (Wildman–Crippen LogP) is 5.36. The van der Waals surface area contributed by atoms with Gasteiger partial charge in [0.25, 0.3) is 0 Å². The Labute approximate surface area is 131 Å². The molecular formula is C15H6BrClF2O2. The van der Waals surface area contributed by atoms with E-state index < -0.39 is 23.0 Å². The summed E-state index contributed by atoms with van der Waals surface area (Å²) >= 11 is 8.90. The Morgan fingerprint density at radius 3 is 2.43 bits per heavy atom. The molecule has 2 nitrogen and oxygen atoms in total. The van der Waals surface area contributed by atoms with Gasteiger partial charge >= 0.3 is 0 Å². The third-order valence-corrected chi connectivity index (χ3v) is 3.71. The molecule has 0 aliphatic carbocycles. The number of hydrogen-bond donors (Lipinski definition) is 0. The van der Waals surface area contributed by atoms with Crippen LogP contribution in [0.3, 0.4) is 0 Å². The summed E-state index contributed by atoms with van der Waals surface area (Å²) in [6.07, 6.45) is 0. The lowest BCUT2D eigenvalue weighted by Gasteiger charge is -2.02. The molecule has 106 valence electrons. The quantitative estimate of drug-likeness (QED) is 0.568. The first-order valence-corrected chi connectivity index (χ1v) is 7.02. The van der Waals surface area contributed by atoms with Crippen LogP contribution in [0.5, 0.6) is 0 Å². The maximum absolute atomic E-state index is 13.8. The van der Waals surface area contributed by atoms with E-state index in [1.165, 1.54) is 6.07 Å². The largest absolute Gasteiger partial charge is 0.451 e. The lowest BCUT2D eigenvalue weighted by atomic mass is 10.1. The van der Waals surface area contributed by atoms with E-state index in [4.69, 9.17) is 16.0 Å². The van der Waals surface area contributed by atoms with Gasteiger partial charge in [0.2, 0.25) is 5.78 Å². The first-order valence-electron chi connectivity index (χ1n) is 5.84. The van der Waals surface area contributed by atoms with Crippen LogP contribution in [0.25, 0.3) is 11.0 Å². The lowest BCUT2D eigenvalue weighted by molar-refractivity contribution is 0.100. The summed E-state index contributed by atoms with van der Waals surface area (Å²) in [5.74, 6) is -2.96. The SMILES string of the molecule is O=C(c1cc2cccc(Cl)c2o1)c1c(F)cc(Br)cc1F. The molecule has 1 aromatic heterocycles. The number of halogens is 4. The Morgan fingerprint density at radius 2 is 1.81 bits per heavy atom. The van der Waals surface area contributed by atoms with Gasteiger partial charge in [0.1, 0.15) is 11.6 Å². The fourth-order valence-corrected chi connectivity index (χ4v) is 2.64. The van der Waals surface area contributed by atoms with Crippen LogP contribution in [0.2, 0.25) is 5.02 Å². The number of rotatable bonds is 2. The van der Waals surface area contributed by atoms with E-state index in [0.717, 1.165) is 12.1 Å². The monoisotopic (exact) mass is 370 g/mol. The van der Waals surface area contributed by atoms with Gasteiger partial charge in [-0.15, -0.1) is 0 Å². The molecule has 3 rings (SSSR count). The maximum Gasteiger partial charge on any atom is 0.234 e. The molecule has 0 amide bonds. The number of para-hydroxylation sites is 1. The van der Waals surface area contributed by atoms with Gasteiger partial charge in [0.15, 0.2) is 11.3 Å². The van der Waals surface area contributed by atoms with Crippen LogP contribution >= 0.6 is 27.5 Å². The molecule has 0 N–H and O–H groups in total. The summed E-state index contributed by atoms with van der Waals surface area (Å²) in [5.41, 5.74) is -0.353. The third kappa shape index (κ3) is 2.47. The van der Waals surface area contributed by atoms with Crippen LogP contribution in [-0.4, -0.2) is 5.78 Å². The molecule has 0 saturated heterocycles. The van der Waals surface area contributed by atoms with E-state index in [2.05, 4.69) is 15.9 Å². The highest BCUT2D eigenvalue weighted by Crippen LogP contribution is 2.29. The zero-order chi connectivity index (χ0) is 15.1. The number of fused-ring (bicyclic) bond motifs is 1. The Balaban J connectivity index is 2.15. The second-order valence-corrected chi connectivity index (χ2v) is 5.67. The summed E-state index contributed by atoms with van der Waals surface area (Å²) in [6, 6.07) is 8.43. The number of benzene rings is 2. The van der Waals surface area contributed by atoms with E-state index in [9.17, 15) is 13.6 Å². The highest BCUT2D eigenvalue weighted by Gasteiger charge is 2.23. The molecule has 0 atom stereocenters. The third-order valence-electron chi connectivity index (χ3n) is 2.95. The van der Waals surface area contributed by atoms with Crippen molar-refractivity contribution in [3.8, 4) is 0 Å². The zero-order valence-electron chi connectivity index (χ0n) is 10.3. The Bertz CT molecular complexity index is 850. The van der Waals surface area contributed by atoms with Crippen LogP contribution in [-0.2, 0) is 0 Å². The summed E-state index contributed by atoms with van der Waals surface area (Å²) in [7, 11) is 0. The molecule has 0 fully saturated rings. The molecule has 0 aliphatic heterocycles. The predicted molar refractivity (Wildman–Crippen MR) is 78.7 cm³/mol. The van der Waals surface area contributed by atoms with Gasteiger partial charge in [-0.05, 0) is 24.3 Å². The van der Waals surface area contributed by atoms with Crippen molar-refractivity contribution in [2.45, 2.75) is 0 Å². The summed E-state index contributed by atoms with van der Waals surface area (Å²) in [5, 5.41) is 0.909. The van der Waals surface area contributed by atoms with Gasteiger partial charge < -0.3 is 4.42 Å². The minimum absolute atomic E-state index is 0.168. The van der Waals surface area contributed by atoms with Crippen molar-refractivity contribution in [2.75, 3.05) is 0 Å². The van der Waals surface area contributed by atoms with E-state index in [1.54, 1.807) is 18.2 Å². The van der Waals surface area contributed by atoms with Crippen molar-refractivity contribution >= 4 is 44.3 Å². The highest BCUT2D eigenvalue weighted by molar-refractivity contribution is 9.10. The molecule has 3 aromatic rings. The normalized spacial score (nSPS) is 11.0. The molecule has 2 aromatic carbocycles. The van der Waals surface area contributed by atoms with Crippen LogP contribution in [0.4, 0.5) is 8.78 Å². The molecule has 0 unspecified atom stereocenters. The molecular weight excluding hydrogens is 366 g/mol. The second kappa shape index (κ2) is 5.24. The van der Waals surface area contributed by atoms with Gasteiger partial charge in [-0.2, -0.15) is 0 Å². The zero-order valence-corrected chi connectivity index (χ0v) is 12.6. The average molecular weight is 372 g/mol. The molecule has 1 heterocycles. The average Bonchev–Trinajstić information content (AvgIpc) is 2.82. The summed E-state index contributed by atoms with van der Waals surface area (Å²) < 4.78 is 33.2. The molecule has 0 bridgehead atoms. The molecule has 0 saturated carbocycles. The van der Waals surface area contributed by atoms with Crippen molar-refractivity contribution in [2.24, 2.45) is 0 Å². The van der Waals surface area contributed by atoms with E-state index >= 15 is 0 Å². The van der Waals surface area contributed by atoms with E-state index in [1.807, 2.05) is 0 Å². The van der Waals surface area contributed by atoms with Crippen molar-refractivity contribution in [3.05, 3.63) is 68.9 Å². The maximum atomic E-state index is 13.8. The number of ketones is 1. The molecule has 0 spiro atoms. The topological polar surface area (TPSA) is 30.2 Å². The van der Waals surface area contributed by atoms with E-state index in [-0.39, 0.29) is 10.2 Å². The fourth-order valence-electron chi connectivity index (χ4n) is 2.02. The minimum Gasteiger partial charge on any atom is -0.451 e. The standard InChI is InChI=1S/C15H6BrClF2O2/c16-8-5-10(18)13(11(19)6-8)14(20)12-4-7-2-1-3-9(17)15(7)21-12/h1-6H.